The van der Waals surface area contributed by atoms with Gasteiger partial charge in [0, 0.05) is 32.2 Å². The molecule has 0 aromatic rings. The van der Waals surface area contributed by atoms with Crippen molar-refractivity contribution in [3.63, 3.8) is 0 Å². The first-order valence-electron chi connectivity index (χ1n) is 7.08. The van der Waals surface area contributed by atoms with Crippen LogP contribution in [0.4, 0.5) is 0 Å². The first-order chi connectivity index (χ1) is 8.59. The summed E-state index contributed by atoms with van der Waals surface area (Å²) in [6.07, 6.45) is 5.71. The topological polar surface area (TPSA) is 61.4 Å². The third-order valence-corrected chi connectivity index (χ3v) is 5.72. The van der Waals surface area contributed by atoms with Gasteiger partial charge < -0.3 is 5.32 Å². The van der Waals surface area contributed by atoms with E-state index in [4.69, 9.17) is 0 Å². The molecule has 106 valence electrons. The quantitative estimate of drug-likeness (QED) is 0.745. The number of nitrogens with one attached hydrogen (secondary N) is 2. The van der Waals surface area contributed by atoms with Crippen LogP contribution in [-0.2, 0) is 10.2 Å². The third-order valence-electron chi connectivity index (χ3n) is 4.08. The Bertz CT molecular complexity index is 352. The lowest BCUT2D eigenvalue weighted by atomic mass is 9.98. The third kappa shape index (κ3) is 3.66. The van der Waals surface area contributed by atoms with E-state index >= 15 is 0 Å². The highest BCUT2D eigenvalue weighted by Crippen LogP contribution is 2.23. The molecule has 2 N–H and O–H groups in total. The molecular weight excluding hydrogens is 250 g/mol. The van der Waals surface area contributed by atoms with Crippen LogP contribution < -0.4 is 10.0 Å². The van der Waals surface area contributed by atoms with Crippen LogP contribution in [0.1, 0.15) is 39.0 Å². The van der Waals surface area contributed by atoms with E-state index in [0.717, 1.165) is 32.4 Å². The molecule has 1 aliphatic heterocycles. The van der Waals surface area contributed by atoms with Crippen molar-refractivity contribution in [3.8, 4) is 0 Å². The van der Waals surface area contributed by atoms with Crippen molar-refractivity contribution in [1.29, 1.82) is 0 Å². The summed E-state index contributed by atoms with van der Waals surface area (Å²) in [4.78, 5) is 0. The SMILES string of the molecule is CC1CCCCCC1NS(=O)(=O)N1CCNCC1. The second kappa shape index (κ2) is 6.32. The van der Waals surface area contributed by atoms with Crippen molar-refractivity contribution in [2.45, 2.75) is 45.1 Å². The summed E-state index contributed by atoms with van der Waals surface area (Å²) < 4.78 is 29.1. The van der Waals surface area contributed by atoms with E-state index in [1.807, 2.05) is 0 Å². The summed E-state index contributed by atoms with van der Waals surface area (Å²) in [5.41, 5.74) is 0. The Kier molecular flexibility index (Phi) is 5.00. The van der Waals surface area contributed by atoms with Crippen molar-refractivity contribution in [2.75, 3.05) is 26.2 Å². The van der Waals surface area contributed by atoms with Gasteiger partial charge in [-0.1, -0.05) is 26.2 Å². The van der Waals surface area contributed by atoms with Gasteiger partial charge in [0.1, 0.15) is 0 Å². The maximum atomic E-state index is 12.3. The fourth-order valence-corrected chi connectivity index (χ4v) is 4.36. The predicted molar refractivity (Wildman–Crippen MR) is 72.5 cm³/mol. The Hall–Kier alpha value is -0.170. The molecule has 0 aromatic carbocycles. The van der Waals surface area contributed by atoms with E-state index in [1.54, 1.807) is 4.31 Å². The molecule has 1 saturated carbocycles. The Morgan fingerprint density at radius 1 is 1.11 bits per heavy atom. The maximum absolute atomic E-state index is 12.3. The van der Waals surface area contributed by atoms with Crippen molar-refractivity contribution < 1.29 is 8.42 Å². The molecule has 2 aliphatic rings. The van der Waals surface area contributed by atoms with Gasteiger partial charge in [0.05, 0.1) is 0 Å². The van der Waals surface area contributed by atoms with Crippen molar-refractivity contribution in [3.05, 3.63) is 0 Å². The van der Waals surface area contributed by atoms with Crippen LogP contribution in [0.5, 0.6) is 0 Å². The summed E-state index contributed by atoms with van der Waals surface area (Å²) in [6.45, 7) is 4.82. The van der Waals surface area contributed by atoms with E-state index in [9.17, 15) is 8.42 Å². The van der Waals surface area contributed by atoms with Gasteiger partial charge in [-0.05, 0) is 18.8 Å². The summed E-state index contributed by atoms with van der Waals surface area (Å²) in [6, 6.07) is 0.118. The number of rotatable bonds is 3. The van der Waals surface area contributed by atoms with Crippen LogP contribution in [-0.4, -0.2) is 44.9 Å². The Labute approximate surface area is 110 Å². The second-order valence-electron chi connectivity index (χ2n) is 5.49. The fourth-order valence-electron chi connectivity index (χ4n) is 2.82. The number of hydrogen-bond donors (Lipinski definition) is 2. The molecule has 0 spiro atoms. The smallest absolute Gasteiger partial charge is 0.279 e. The molecule has 18 heavy (non-hydrogen) atoms. The van der Waals surface area contributed by atoms with Gasteiger partial charge in [0.15, 0.2) is 0 Å². The molecule has 1 saturated heterocycles. The van der Waals surface area contributed by atoms with E-state index < -0.39 is 10.2 Å². The molecule has 2 rings (SSSR count). The molecule has 6 heteroatoms. The Balaban J connectivity index is 1.97. The molecule has 1 heterocycles. The summed E-state index contributed by atoms with van der Waals surface area (Å²) in [5, 5.41) is 3.18. The zero-order chi connectivity index (χ0) is 13.0. The van der Waals surface area contributed by atoms with Gasteiger partial charge in [0.25, 0.3) is 10.2 Å². The molecule has 0 aromatic heterocycles. The number of nitrogens with zero attached hydrogens (tertiary/aromatic N) is 1. The largest absolute Gasteiger partial charge is 0.314 e. The number of piperazine rings is 1. The lowest BCUT2D eigenvalue weighted by molar-refractivity contribution is 0.336. The van der Waals surface area contributed by atoms with Gasteiger partial charge >= 0.3 is 0 Å². The average molecular weight is 275 g/mol. The Morgan fingerprint density at radius 3 is 2.50 bits per heavy atom. The zero-order valence-corrected chi connectivity index (χ0v) is 12.0. The van der Waals surface area contributed by atoms with Gasteiger partial charge in [-0.2, -0.15) is 17.4 Å². The van der Waals surface area contributed by atoms with Crippen LogP contribution in [0.15, 0.2) is 0 Å². The van der Waals surface area contributed by atoms with Gasteiger partial charge in [-0.25, -0.2) is 0 Å². The zero-order valence-electron chi connectivity index (χ0n) is 11.2. The minimum absolute atomic E-state index is 0.118. The molecule has 0 radical (unpaired) electrons. The lowest BCUT2D eigenvalue weighted by Gasteiger charge is -2.30. The molecule has 2 atom stereocenters. The van der Waals surface area contributed by atoms with E-state index in [0.29, 0.717) is 19.0 Å². The summed E-state index contributed by atoms with van der Waals surface area (Å²) >= 11 is 0. The summed E-state index contributed by atoms with van der Waals surface area (Å²) in [7, 11) is -3.29. The van der Waals surface area contributed by atoms with Gasteiger partial charge in [0.2, 0.25) is 0 Å². The van der Waals surface area contributed by atoms with Crippen molar-refractivity contribution >= 4 is 10.2 Å². The van der Waals surface area contributed by atoms with Crippen LogP contribution in [0.25, 0.3) is 0 Å². The molecular formula is C12H25N3O2S. The van der Waals surface area contributed by atoms with Gasteiger partial charge in [-0.15, -0.1) is 0 Å². The minimum atomic E-state index is -3.29. The predicted octanol–water partition coefficient (Wildman–Crippen LogP) is 0.695. The monoisotopic (exact) mass is 275 g/mol. The fraction of sp³-hybridized carbons (Fsp3) is 1.00. The van der Waals surface area contributed by atoms with Crippen LogP contribution in [0.2, 0.25) is 0 Å². The normalized spacial score (nSPS) is 32.1. The van der Waals surface area contributed by atoms with E-state index in [2.05, 4.69) is 17.0 Å². The number of hydrogen-bond acceptors (Lipinski definition) is 3. The minimum Gasteiger partial charge on any atom is -0.314 e. The Morgan fingerprint density at radius 2 is 1.78 bits per heavy atom. The highest BCUT2D eigenvalue weighted by molar-refractivity contribution is 7.87. The second-order valence-corrected chi connectivity index (χ2v) is 7.20. The van der Waals surface area contributed by atoms with Crippen LogP contribution in [0.3, 0.4) is 0 Å². The molecule has 1 aliphatic carbocycles. The van der Waals surface area contributed by atoms with Crippen LogP contribution in [0, 0.1) is 5.92 Å². The lowest BCUT2D eigenvalue weighted by Crippen LogP contribution is -2.53. The molecule has 2 unspecified atom stereocenters. The van der Waals surface area contributed by atoms with Gasteiger partial charge in [-0.3, -0.25) is 0 Å². The van der Waals surface area contributed by atoms with Crippen molar-refractivity contribution in [1.82, 2.24) is 14.3 Å². The molecule has 0 bridgehead atoms. The summed E-state index contributed by atoms with van der Waals surface area (Å²) in [5.74, 6) is 0.449. The maximum Gasteiger partial charge on any atom is 0.279 e. The highest BCUT2D eigenvalue weighted by atomic mass is 32.2. The molecule has 2 fully saturated rings. The van der Waals surface area contributed by atoms with Crippen LogP contribution >= 0.6 is 0 Å². The van der Waals surface area contributed by atoms with Crippen molar-refractivity contribution in [2.24, 2.45) is 5.92 Å². The molecule has 5 nitrogen and oxygen atoms in total. The van der Waals surface area contributed by atoms with E-state index in [-0.39, 0.29) is 6.04 Å². The standard InChI is InChI=1S/C12H25N3O2S/c1-11-5-3-2-4-6-12(11)14-18(16,17)15-9-7-13-8-10-15/h11-14H,2-10H2,1H3. The molecule has 0 amide bonds. The average Bonchev–Trinajstić information content (AvgIpc) is 2.56. The van der Waals surface area contributed by atoms with E-state index in [1.165, 1.54) is 12.8 Å². The highest BCUT2D eigenvalue weighted by Gasteiger charge is 2.29. The first kappa shape index (κ1) is 14.2. The first-order valence-corrected chi connectivity index (χ1v) is 8.52.